The number of carbonyl (C=O) groups excluding carboxylic acids is 2. The number of nitrogens with two attached hydrogens (primary N) is 1. The van der Waals surface area contributed by atoms with Crippen molar-refractivity contribution in [3.63, 3.8) is 0 Å². The number of thioether (sulfide) groups is 1. The molecule has 8 nitrogen and oxygen atoms in total. The topological polar surface area (TPSA) is 112 Å². The van der Waals surface area contributed by atoms with E-state index in [9.17, 15) is 9.59 Å². The average Bonchev–Trinajstić information content (AvgIpc) is 3.24. The number of methoxy groups -OCH3 is 1. The van der Waals surface area contributed by atoms with E-state index in [2.05, 4.69) is 15.5 Å². The van der Waals surface area contributed by atoms with Crippen molar-refractivity contribution >= 4 is 34.9 Å². The molecule has 0 aliphatic heterocycles. The number of amides is 2. The molecule has 0 atom stereocenters. The smallest absolute Gasteiger partial charge is 0.230 e. The maximum absolute atomic E-state index is 11.9. The van der Waals surface area contributed by atoms with Crippen LogP contribution in [0.1, 0.15) is 12.8 Å². The third-order valence-electron chi connectivity index (χ3n) is 3.22. The molecule has 0 aliphatic carbocycles. The highest BCUT2D eigenvalue weighted by Crippen LogP contribution is 2.27. The number of thiophene rings is 1. The van der Waals surface area contributed by atoms with Gasteiger partial charge in [-0.3, -0.25) is 9.59 Å². The molecule has 0 radical (unpaired) electrons. The van der Waals surface area contributed by atoms with Crippen molar-refractivity contribution in [1.82, 2.24) is 20.1 Å². The SMILES string of the molecule is COCCCNC(=O)CSc1nnc(-c2cccs2)n1CCC(N)=O. The standard InChI is InChI=1S/C15H21N5O3S2/c1-23-8-3-6-17-13(22)10-25-15-19-18-14(11-4-2-9-24-11)20(15)7-5-12(16)21/h2,4,9H,3,5-8,10H2,1H3,(H2,16,21)(H,17,22). The van der Waals surface area contributed by atoms with Crippen LogP contribution in [0.15, 0.2) is 22.7 Å². The van der Waals surface area contributed by atoms with Gasteiger partial charge in [0.2, 0.25) is 11.8 Å². The molecule has 2 aromatic rings. The van der Waals surface area contributed by atoms with E-state index in [1.165, 1.54) is 23.1 Å². The predicted octanol–water partition coefficient (Wildman–Crippen LogP) is 1.13. The first-order chi connectivity index (χ1) is 12.1. The van der Waals surface area contributed by atoms with Gasteiger partial charge in [0.15, 0.2) is 11.0 Å². The molecule has 2 rings (SSSR count). The molecule has 2 amide bonds. The van der Waals surface area contributed by atoms with Crippen LogP contribution in [-0.2, 0) is 20.9 Å². The first kappa shape index (κ1) is 19.4. The summed E-state index contributed by atoms with van der Waals surface area (Å²) < 4.78 is 6.77. The van der Waals surface area contributed by atoms with Gasteiger partial charge in [0.1, 0.15) is 0 Å². The van der Waals surface area contributed by atoms with Crippen molar-refractivity contribution in [3.05, 3.63) is 17.5 Å². The van der Waals surface area contributed by atoms with Gasteiger partial charge in [-0.15, -0.1) is 21.5 Å². The summed E-state index contributed by atoms with van der Waals surface area (Å²) in [7, 11) is 1.63. The molecule has 10 heteroatoms. The molecule has 3 N–H and O–H groups in total. The van der Waals surface area contributed by atoms with E-state index in [4.69, 9.17) is 10.5 Å². The third-order valence-corrected chi connectivity index (χ3v) is 5.05. The monoisotopic (exact) mass is 383 g/mol. The van der Waals surface area contributed by atoms with Crippen LogP contribution in [-0.4, -0.2) is 52.6 Å². The van der Waals surface area contributed by atoms with Crippen LogP contribution < -0.4 is 11.1 Å². The summed E-state index contributed by atoms with van der Waals surface area (Å²) in [4.78, 5) is 24.0. The molecule has 0 saturated heterocycles. The Labute approximate surface area is 154 Å². The van der Waals surface area contributed by atoms with Gasteiger partial charge in [-0.1, -0.05) is 17.8 Å². The van der Waals surface area contributed by atoms with Crippen LogP contribution >= 0.6 is 23.1 Å². The van der Waals surface area contributed by atoms with Crippen LogP contribution in [0, 0.1) is 0 Å². The number of nitrogens with one attached hydrogen (secondary N) is 1. The number of ether oxygens (including phenoxy) is 1. The average molecular weight is 383 g/mol. The first-order valence-corrected chi connectivity index (χ1v) is 9.62. The molecule has 0 fully saturated rings. The van der Waals surface area contributed by atoms with Gasteiger partial charge in [0.05, 0.1) is 10.6 Å². The van der Waals surface area contributed by atoms with E-state index < -0.39 is 5.91 Å². The first-order valence-electron chi connectivity index (χ1n) is 7.75. The lowest BCUT2D eigenvalue weighted by atomic mass is 10.4. The van der Waals surface area contributed by atoms with Crippen LogP contribution in [0.5, 0.6) is 0 Å². The summed E-state index contributed by atoms with van der Waals surface area (Å²) >= 11 is 2.83. The van der Waals surface area contributed by atoms with Gasteiger partial charge in [-0.2, -0.15) is 0 Å². The van der Waals surface area contributed by atoms with Crippen LogP contribution in [0.4, 0.5) is 0 Å². The molecule has 0 bridgehead atoms. The summed E-state index contributed by atoms with van der Waals surface area (Å²) in [5.74, 6) is 0.437. The lowest BCUT2D eigenvalue weighted by Crippen LogP contribution is -2.27. The molecular formula is C15H21N5O3S2. The van der Waals surface area contributed by atoms with E-state index in [1.54, 1.807) is 7.11 Å². The summed E-state index contributed by atoms with van der Waals surface area (Å²) in [6, 6.07) is 3.86. The minimum Gasteiger partial charge on any atom is -0.385 e. The van der Waals surface area contributed by atoms with Crippen molar-refractivity contribution in [1.29, 1.82) is 0 Å². The molecule has 25 heavy (non-hydrogen) atoms. The zero-order chi connectivity index (χ0) is 18.1. The van der Waals surface area contributed by atoms with Crippen molar-refractivity contribution in [2.24, 2.45) is 5.73 Å². The summed E-state index contributed by atoms with van der Waals surface area (Å²) in [6.07, 6.45) is 0.956. The number of nitrogens with zero attached hydrogens (tertiary/aromatic N) is 3. The Kier molecular flexibility index (Phi) is 7.89. The van der Waals surface area contributed by atoms with Crippen molar-refractivity contribution in [3.8, 4) is 10.7 Å². The minimum atomic E-state index is -0.391. The third kappa shape index (κ3) is 6.15. The quantitative estimate of drug-likeness (QED) is 0.444. The Morgan fingerprint density at radius 3 is 2.96 bits per heavy atom. The fourth-order valence-electron chi connectivity index (χ4n) is 2.03. The zero-order valence-electron chi connectivity index (χ0n) is 13.9. The number of carbonyl (C=O) groups is 2. The fraction of sp³-hybridized carbons (Fsp3) is 0.467. The number of hydrogen-bond acceptors (Lipinski definition) is 7. The fourth-order valence-corrected chi connectivity index (χ4v) is 3.54. The molecule has 0 unspecified atom stereocenters. The van der Waals surface area contributed by atoms with Gasteiger partial charge in [0.25, 0.3) is 0 Å². The maximum atomic E-state index is 11.9. The largest absolute Gasteiger partial charge is 0.385 e. The molecule has 0 saturated carbocycles. The predicted molar refractivity (Wildman–Crippen MR) is 97.4 cm³/mol. The summed E-state index contributed by atoms with van der Waals surface area (Å²) in [6.45, 7) is 1.56. The normalized spacial score (nSPS) is 10.8. The second kappa shape index (κ2) is 10.2. The maximum Gasteiger partial charge on any atom is 0.230 e. The zero-order valence-corrected chi connectivity index (χ0v) is 15.6. The highest BCUT2D eigenvalue weighted by Gasteiger charge is 2.16. The van der Waals surface area contributed by atoms with Crippen molar-refractivity contribution < 1.29 is 14.3 Å². The molecule has 136 valence electrons. The van der Waals surface area contributed by atoms with Crippen LogP contribution in [0.25, 0.3) is 10.7 Å². The highest BCUT2D eigenvalue weighted by molar-refractivity contribution is 7.99. The summed E-state index contributed by atoms with van der Waals surface area (Å²) in [5, 5.41) is 13.7. The van der Waals surface area contributed by atoms with Gasteiger partial charge >= 0.3 is 0 Å². The minimum absolute atomic E-state index is 0.0803. The molecule has 0 spiro atoms. The number of aromatic nitrogens is 3. The van der Waals surface area contributed by atoms with Gasteiger partial charge in [-0.05, 0) is 17.9 Å². The Balaban J connectivity index is 1.99. The van der Waals surface area contributed by atoms with Crippen LogP contribution in [0.2, 0.25) is 0 Å². The molecular weight excluding hydrogens is 362 g/mol. The number of rotatable bonds is 11. The van der Waals surface area contributed by atoms with E-state index in [1.807, 2.05) is 22.1 Å². The molecule has 0 aliphatic rings. The Bertz CT molecular complexity index is 687. The lowest BCUT2D eigenvalue weighted by molar-refractivity contribution is -0.119. The molecule has 2 aromatic heterocycles. The van der Waals surface area contributed by atoms with E-state index in [-0.39, 0.29) is 18.1 Å². The Morgan fingerprint density at radius 2 is 2.28 bits per heavy atom. The number of hydrogen-bond donors (Lipinski definition) is 2. The van der Waals surface area contributed by atoms with E-state index in [0.717, 1.165) is 11.3 Å². The van der Waals surface area contributed by atoms with Crippen molar-refractivity contribution in [2.75, 3.05) is 26.0 Å². The molecule has 2 heterocycles. The Hall–Kier alpha value is -1.91. The van der Waals surface area contributed by atoms with Crippen molar-refractivity contribution in [2.45, 2.75) is 24.5 Å². The van der Waals surface area contributed by atoms with Gasteiger partial charge < -0.3 is 20.4 Å². The molecule has 0 aromatic carbocycles. The van der Waals surface area contributed by atoms with Crippen LogP contribution in [0.3, 0.4) is 0 Å². The highest BCUT2D eigenvalue weighted by atomic mass is 32.2. The van der Waals surface area contributed by atoms with Gasteiger partial charge in [0, 0.05) is 33.2 Å². The Morgan fingerprint density at radius 1 is 1.44 bits per heavy atom. The number of primary amides is 1. The summed E-state index contributed by atoms with van der Waals surface area (Å²) in [5.41, 5.74) is 5.26. The van der Waals surface area contributed by atoms with Gasteiger partial charge in [-0.25, -0.2) is 0 Å². The second-order valence-corrected chi connectivity index (χ2v) is 7.03. The lowest BCUT2D eigenvalue weighted by Gasteiger charge is -2.08. The second-order valence-electron chi connectivity index (χ2n) is 5.14. The van der Waals surface area contributed by atoms with E-state index in [0.29, 0.717) is 30.7 Å². The van der Waals surface area contributed by atoms with E-state index >= 15 is 0 Å².